The molecule has 2 heterocycles. The second-order valence-electron chi connectivity index (χ2n) is 6.91. The van der Waals surface area contributed by atoms with Crippen molar-refractivity contribution < 1.29 is 0 Å². The maximum absolute atomic E-state index is 9.92. The highest BCUT2D eigenvalue weighted by Crippen LogP contribution is 2.35. The highest BCUT2D eigenvalue weighted by Gasteiger charge is 2.28. The number of hydrogen-bond donors (Lipinski definition) is 1. The van der Waals surface area contributed by atoms with E-state index in [1.54, 1.807) is 24.3 Å². The van der Waals surface area contributed by atoms with E-state index in [1.807, 2.05) is 11.0 Å². The molecule has 1 saturated heterocycles. The molecule has 1 unspecified atom stereocenters. The van der Waals surface area contributed by atoms with E-state index in [9.17, 15) is 21.0 Å². The summed E-state index contributed by atoms with van der Waals surface area (Å²) >= 11 is 0. The smallest absolute Gasteiger partial charge is 0.149 e. The number of benzene rings is 1. The van der Waals surface area contributed by atoms with Crippen LogP contribution in [0.4, 0.5) is 11.6 Å². The summed E-state index contributed by atoms with van der Waals surface area (Å²) in [5.41, 5.74) is 7.80. The Morgan fingerprint density at radius 1 is 0.966 bits per heavy atom. The average molecular weight is 381 g/mol. The first kappa shape index (κ1) is 19.7. The maximum Gasteiger partial charge on any atom is 0.149 e. The molecule has 29 heavy (non-hydrogen) atoms. The molecular weight excluding hydrogens is 362 g/mol. The Kier molecular flexibility index (Phi) is 5.94. The monoisotopic (exact) mass is 381 g/mol. The molecule has 0 spiro atoms. The van der Waals surface area contributed by atoms with E-state index in [4.69, 9.17) is 5.73 Å². The van der Waals surface area contributed by atoms with Gasteiger partial charge in [-0.2, -0.15) is 21.0 Å². The molecule has 0 radical (unpaired) electrons. The summed E-state index contributed by atoms with van der Waals surface area (Å²) in [6.45, 7) is 1.50. The van der Waals surface area contributed by atoms with Crippen LogP contribution in [0.1, 0.15) is 53.0 Å². The predicted molar refractivity (Wildman–Crippen MR) is 107 cm³/mol. The average Bonchev–Trinajstić information content (AvgIpc) is 2.77. The Hall–Kier alpha value is -4.07. The first-order chi connectivity index (χ1) is 14.1. The van der Waals surface area contributed by atoms with Crippen LogP contribution >= 0.6 is 0 Å². The lowest BCUT2D eigenvalue weighted by molar-refractivity contribution is 0.573. The largest absolute Gasteiger partial charge is 0.383 e. The Morgan fingerprint density at radius 2 is 1.66 bits per heavy atom. The van der Waals surface area contributed by atoms with Gasteiger partial charge in [-0.3, -0.25) is 0 Å². The molecule has 0 aliphatic carbocycles. The lowest BCUT2D eigenvalue weighted by Crippen LogP contribution is -2.31. The van der Waals surface area contributed by atoms with Crippen molar-refractivity contribution in [2.45, 2.75) is 31.6 Å². The van der Waals surface area contributed by atoms with Crippen molar-refractivity contribution in [2.24, 2.45) is 0 Å². The number of piperidine rings is 1. The van der Waals surface area contributed by atoms with Crippen molar-refractivity contribution >= 4 is 11.6 Å². The molecule has 3 rings (SSSR count). The van der Waals surface area contributed by atoms with Crippen LogP contribution in [0.25, 0.3) is 0 Å². The van der Waals surface area contributed by atoms with E-state index < -0.39 is 5.92 Å². The molecule has 7 heteroatoms. The van der Waals surface area contributed by atoms with Gasteiger partial charge in [0.25, 0.3) is 0 Å². The number of rotatable bonds is 4. The third kappa shape index (κ3) is 3.81. The van der Waals surface area contributed by atoms with Gasteiger partial charge < -0.3 is 10.6 Å². The number of aromatic nitrogens is 1. The zero-order chi connectivity index (χ0) is 20.8. The molecule has 1 aliphatic rings. The Bertz CT molecular complexity index is 1090. The lowest BCUT2D eigenvalue weighted by Gasteiger charge is -2.30. The van der Waals surface area contributed by atoms with Gasteiger partial charge in [0.1, 0.15) is 34.9 Å². The van der Waals surface area contributed by atoms with Crippen molar-refractivity contribution in [3.8, 4) is 24.3 Å². The molecule has 2 aromatic rings. The standard InChI is InChI=1S/C22H19N7/c23-11-16-7-3-2-6-15(16)10-17(12-24)20-18(13-25)21(27)28-22(19(20)14-26)29-8-4-1-5-9-29/h2-3,6-7,17H,1,4-5,8-10H2,(H2,27,28). The molecule has 142 valence electrons. The van der Waals surface area contributed by atoms with Crippen LogP contribution < -0.4 is 10.6 Å². The van der Waals surface area contributed by atoms with Gasteiger partial charge in [-0.15, -0.1) is 0 Å². The molecule has 0 saturated carbocycles. The normalized spacial score (nSPS) is 14.1. The van der Waals surface area contributed by atoms with E-state index in [0.29, 0.717) is 22.5 Å². The van der Waals surface area contributed by atoms with Crippen molar-refractivity contribution in [3.63, 3.8) is 0 Å². The Balaban J connectivity index is 2.16. The van der Waals surface area contributed by atoms with Crippen LogP contribution in [0.15, 0.2) is 24.3 Å². The fraction of sp³-hybridized carbons (Fsp3) is 0.318. The molecule has 7 nitrogen and oxygen atoms in total. The van der Waals surface area contributed by atoms with Crippen molar-refractivity contribution in [3.05, 3.63) is 52.1 Å². The first-order valence-electron chi connectivity index (χ1n) is 9.40. The number of nitrogens with zero attached hydrogens (tertiary/aromatic N) is 6. The lowest BCUT2D eigenvalue weighted by atomic mass is 9.86. The number of nitrogen functional groups attached to an aromatic ring is 1. The maximum atomic E-state index is 9.92. The second-order valence-corrected chi connectivity index (χ2v) is 6.91. The molecule has 1 aromatic carbocycles. The van der Waals surface area contributed by atoms with Crippen LogP contribution in [-0.2, 0) is 6.42 Å². The molecule has 1 fully saturated rings. The third-order valence-electron chi connectivity index (χ3n) is 5.19. The number of pyridine rings is 1. The highest BCUT2D eigenvalue weighted by atomic mass is 15.2. The van der Waals surface area contributed by atoms with E-state index in [2.05, 4.69) is 23.2 Å². The summed E-state index contributed by atoms with van der Waals surface area (Å²) in [6, 6.07) is 15.5. The molecule has 1 atom stereocenters. The van der Waals surface area contributed by atoms with Gasteiger partial charge in [-0.1, -0.05) is 18.2 Å². The van der Waals surface area contributed by atoms with Gasteiger partial charge >= 0.3 is 0 Å². The van der Waals surface area contributed by atoms with Crippen molar-refractivity contribution in [1.82, 2.24) is 4.98 Å². The van der Waals surface area contributed by atoms with Gasteiger partial charge in [0.2, 0.25) is 0 Å². The van der Waals surface area contributed by atoms with Crippen LogP contribution in [0.5, 0.6) is 0 Å². The Labute approximate surface area is 169 Å². The molecule has 1 aromatic heterocycles. The van der Waals surface area contributed by atoms with Crippen LogP contribution in [-0.4, -0.2) is 18.1 Å². The predicted octanol–water partition coefficient (Wildman–Crippen LogP) is 3.12. The van der Waals surface area contributed by atoms with Gasteiger partial charge in [0, 0.05) is 18.7 Å². The number of nitrogens with two attached hydrogens (primary N) is 1. The van der Waals surface area contributed by atoms with Gasteiger partial charge in [0.05, 0.1) is 23.6 Å². The van der Waals surface area contributed by atoms with Gasteiger partial charge in [0.15, 0.2) is 0 Å². The fourth-order valence-corrected chi connectivity index (χ4v) is 3.76. The van der Waals surface area contributed by atoms with E-state index in [1.165, 1.54) is 0 Å². The van der Waals surface area contributed by atoms with Crippen LogP contribution in [0, 0.1) is 45.3 Å². The van der Waals surface area contributed by atoms with Crippen LogP contribution in [0.2, 0.25) is 0 Å². The fourth-order valence-electron chi connectivity index (χ4n) is 3.76. The van der Waals surface area contributed by atoms with Crippen molar-refractivity contribution in [2.75, 3.05) is 23.7 Å². The minimum Gasteiger partial charge on any atom is -0.383 e. The summed E-state index contributed by atoms with van der Waals surface area (Å²) in [5, 5.41) is 38.9. The quantitative estimate of drug-likeness (QED) is 0.858. The molecular formula is C22H19N7. The second kappa shape index (κ2) is 8.75. The first-order valence-corrected chi connectivity index (χ1v) is 9.40. The summed E-state index contributed by atoms with van der Waals surface area (Å²) in [5.74, 6) is -0.342. The molecule has 1 aliphatic heterocycles. The molecule has 0 amide bonds. The van der Waals surface area contributed by atoms with Gasteiger partial charge in [-0.05, 0) is 37.3 Å². The van der Waals surface area contributed by atoms with E-state index in [0.717, 1.165) is 32.4 Å². The van der Waals surface area contributed by atoms with Crippen molar-refractivity contribution in [1.29, 1.82) is 21.0 Å². The Morgan fingerprint density at radius 3 is 2.28 bits per heavy atom. The number of anilines is 2. The summed E-state index contributed by atoms with van der Waals surface area (Å²) < 4.78 is 0. The topological polar surface area (TPSA) is 137 Å². The SMILES string of the molecule is N#Cc1ccccc1CC(C#N)c1c(C#N)c(N)nc(N2CCCCC2)c1C#N. The summed E-state index contributed by atoms with van der Waals surface area (Å²) in [7, 11) is 0. The summed E-state index contributed by atoms with van der Waals surface area (Å²) in [6.07, 6.45) is 3.28. The minimum atomic E-state index is -0.803. The van der Waals surface area contributed by atoms with E-state index in [-0.39, 0.29) is 23.4 Å². The number of hydrogen-bond acceptors (Lipinski definition) is 7. The number of nitriles is 4. The van der Waals surface area contributed by atoms with Crippen LogP contribution in [0.3, 0.4) is 0 Å². The zero-order valence-electron chi connectivity index (χ0n) is 15.9. The van der Waals surface area contributed by atoms with E-state index >= 15 is 0 Å². The molecule has 2 N–H and O–H groups in total. The zero-order valence-corrected chi connectivity index (χ0v) is 15.9. The molecule has 0 bridgehead atoms. The summed E-state index contributed by atoms with van der Waals surface area (Å²) in [4.78, 5) is 6.35. The third-order valence-corrected chi connectivity index (χ3v) is 5.19. The highest BCUT2D eigenvalue weighted by molar-refractivity contribution is 5.70. The minimum absolute atomic E-state index is 0.0240. The van der Waals surface area contributed by atoms with Gasteiger partial charge in [-0.25, -0.2) is 4.98 Å².